The number of carbonyl (C=O) groups excluding carboxylic acids is 1. The number of benzene rings is 1. The number of rotatable bonds is 4. The zero-order valence-electron chi connectivity index (χ0n) is 11.4. The van der Waals surface area contributed by atoms with Crippen LogP contribution in [0.25, 0.3) is 0 Å². The third-order valence-corrected chi connectivity index (χ3v) is 4.10. The number of aliphatic carboxylic acids is 1. The van der Waals surface area contributed by atoms with Crippen LogP contribution in [0.4, 0.5) is 11.4 Å². The molecule has 1 aliphatic heterocycles. The molecule has 0 spiro atoms. The third-order valence-electron chi connectivity index (χ3n) is 4.10. The van der Waals surface area contributed by atoms with Crippen LogP contribution in [-0.2, 0) is 9.59 Å². The van der Waals surface area contributed by atoms with E-state index in [1.54, 1.807) is 0 Å². The quantitative estimate of drug-likeness (QED) is 0.881. The predicted octanol–water partition coefficient (Wildman–Crippen LogP) is 2.04. The standard InChI is InChI=1S/C15H18N2O3/c1-17-8-14(18)16-12-5-4-10(6-13(12)17)11(7-15(19)20)9-2-3-9/h4-6,9,11H,2-3,7-8H2,1H3,(H,16,18)(H,19,20). The lowest BCUT2D eigenvalue weighted by molar-refractivity contribution is -0.137. The second-order valence-corrected chi connectivity index (χ2v) is 5.72. The van der Waals surface area contributed by atoms with Gasteiger partial charge in [-0.05, 0) is 42.4 Å². The number of carboxylic acids is 1. The summed E-state index contributed by atoms with van der Waals surface area (Å²) in [5.74, 6) is -0.185. The molecule has 1 aliphatic carbocycles. The van der Waals surface area contributed by atoms with Crippen molar-refractivity contribution in [1.29, 1.82) is 0 Å². The van der Waals surface area contributed by atoms with Gasteiger partial charge in [0.15, 0.2) is 0 Å². The van der Waals surface area contributed by atoms with Gasteiger partial charge in [0.1, 0.15) is 0 Å². The number of fused-ring (bicyclic) bond motifs is 1. The van der Waals surface area contributed by atoms with Crippen molar-refractivity contribution in [1.82, 2.24) is 0 Å². The van der Waals surface area contributed by atoms with Crippen LogP contribution in [0.15, 0.2) is 18.2 Å². The van der Waals surface area contributed by atoms with E-state index in [0.29, 0.717) is 12.5 Å². The van der Waals surface area contributed by atoms with Crippen molar-refractivity contribution < 1.29 is 14.7 Å². The van der Waals surface area contributed by atoms with E-state index in [0.717, 1.165) is 29.8 Å². The SMILES string of the molecule is CN1CC(=O)Nc2ccc(C(CC(=O)O)C3CC3)cc21. The van der Waals surface area contributed by atoms with Crippen LogP contribution in [0.2, 0.25) is 0 Å². The van der Waals surface area contributed by atoms with Gasteiger partial charge in [-0.1, -0.05) is 6.07 Å². The molecular weight excluding hydrogens is 256 g/mol. The first-order valence-corrected chi connectivity index (χ1v) is 6.91. The van der Waals surface area contributed by atoms with Gasteiger partial charge in [0.2, 0.25) is 5.91 Å². The fourth-order valence-electron chi connectivity index (χ4n) is 2.93. The van der Waals surface area contributed by atoms with Crippen LogP contribution >= 0.6 is 0 Å². The fraction of sp³-hybridized carbons (Fsp3) is 0.467. The number of hydrogen-bond acceptors (Lipinski definition) is 3. The van der Waals surface area contributed by atoms with Gasteiger partial charge in [-0.15, -0.1) is 0 Å². The summed E-state index contributed by atoms with van der Waals surface area (Å²) in [6.45, 7) is 0.337. The molecule has 1 fully saturated rings. The van der Waals surface area contributed by atoms with Gasteiger partial charge >= 0.3 is 5.97 Å². The minimum Gasteiger partial charge on any atom is -0.481 e. The maximum atomic E-state index is 11.5. The Morgan fingerprint density at radius 3 is 2.90 bits per heavy atom. The van der Waals surface area contributed by atoms with Crippen LogP contribution in [0.3, 0.4) is 0 Å². The van der Waals surface area contributed by atoms with Gasteiger partial charge in [0, 0.05) is 7.05 Å². The zero-order valence-corrected chi connectivity index (χ0v) is 11.4. The molecule has 1 unspecified atom stereocenters. The van der Waals surface area contributed by atoms with E-state index in [4.69, 9.17) is 5.11 Å². The van der Waals surface area contributed by atoms with Gasteiger partial charge in [-0.25, -0.2) is 0 Å². The van der Waals surface area contributed by atoms with Crippen LogP contribution in [0, 0.1) is 5.92 Å². The van der Waals surface area contributed by atoms with Gasteiger partial charge < -0.3 is 15.3 Å². The lowest BCUT2D eigenvalue weighted by atomic mass is 9.90. The highest BCUT2D eigenvalue weighted by atomic mass is 16.4. The van der Waals surface area contributed by atoms with Crippen molar-refractivity contribution in [3.63, 3.8) is 0 Å². The molecule has 20 heavy (non-hydrogen) atoms. The fourth-order valence-corrected chi connectivity index (χ4v) is 2.93. The van der Waals surface area contributed by atoms with Crippen LogP contribution in [-0.4, -0.2) is 30.6 Å². The molecule has 1 heterocycles. The van der Waals surface area contributed by atoms with E-state index in [1.165, 1.54) is 0 Å². The molecular formula is C15H18N2O3. The Balaban J connectivity index is 1.92. The molecule has 3 rings (SSSR count). The number of anilines is 2. The molecule has 1 aromatic carbocycles. The van der Waals surface area contributed by atoms with Gasteiger partial charge in [-0.3, -0.25) is 9.59 Å². The Kier molecular flexibility index (Phi) is 3.12. The lowest BCUT2D eigenvalue weighted by Gasteiger charge is -2.28. The molecule has 2 aliphatic rings. The first-order chi connectivity index (χ1) is 9.54. The number of carbonyl (C=O) groups is 2. The molecule has 106 valence electrons. The van der Waals surface area contributed by atoms with Crippen molar-refractivity contribution in [3.8, 4) is 0 Å². The molecule has 0 aromatic heterocycles. The number of carboxylic acid groups (broad SMARTS) is 1. The minimum atomic E-state index is -0.749. The Morgan fingerprint density at radius 1 is 1.50 bits per heavy atom. The van der Waals surface area contributed by atoms with E-state index < -0.39 is 5.97 Å². The first-order valence-electron chi connectivity index (χ1n) is 6.91. The Hall–Kier alpha value is -2.04. The van der Waals surface area contributed by atoms with Crippen molar-refractivity contribution in [2.75, 3.05) is 23.8 Å². The molecule has 0 saturated heterocycles. The number of nitrogens with one attached hydrogen (secondary N) is 1. The van der Waals surface area contributed by atoms with Crippen molar-refractivity contribution in [3.05, 3.63) is 23.8 Å². The van der Waals surface area contributed by atoms with Gasteiger partial charge in [-0.2, -0.15) is 0 Å². The number of hydrogen-bond donors (Lipinski definition) is 2. The largest absolute Gasteiger partial charge is 0.481 e. The molecule has 0 bridgehead atoms. The second kappa shape index (κ2) is 4.81. The summed E-state index contributed by atoms with van der Waals surface area (Å²) in [7, 11) is 1.88. The predicted molar refractivity (Wildman–Crippen MR) is 76.1 cm³/mol. The molecule has 1 aromatic rings. The lowest BCUT2D eigenvalue weighted by Crippen LogP contribution is -2.35. The van der Waals surface area contributed by atoms with Gasteiger partial charge in [0.05, 0.1) is 24.3 Å². The maximum Gasteiger partial charge on any atom is 0.303 e. The van der Waals surface area contributed by atoms with E-state index in [2.05, 4.69) is 5.32 Å². The summed E-state index contributed by atoms with van der Waals surface area (Å²) >= 11 is 0. The second-order valence-electron chi connectivity index (χ2n) is 5.72. The normalized spacial score (nSPS) is 19.2. The summed E-state index contributed by atoms with van der Waals surface area (Å²) in [6, 6.07) is 5.86. The molecule has 5 nitrogen and oxygen atoms in total. The number of likely N-dealkylation sites (N-methyl/N-ethyl adjacent to an activating group) is 1. The summed E-state index contributed by atoms with van der Waals surface area (Å²) < 4.78 is 0. The molecule has 1 atom stereocenters. The van der Waals surface area contributed by atoms with E-state index in [-0.39, 0.29) is 18.2 Å². The van der Waals surface area contributed by atoms with Crippen molar-refractivity contribution >= 4 is 23.3 Å². The molecule has 1 amide bonds. The summed E-state index contributed by atoms with van der Waals surface area (Å²) in [5, 5.41) is 11.9. The monoisotopic (exact) mass is 274 g/mol. The summed E-state index contributed by atoms with van der Waals surface area (Å²) in [4.78, 5) is 24.4. The maximum absolute atomic E-state index is 11.5. The Labute approximate surface area is 117 Å². The molecule has 5 heteroatoms. The Morgan fingerprint density at radius 2 is 2.25 bits per heavy atom. The van der Waals surface area contributed by atoms with E-state index in [9.17, 15) is 9.59 Å². The topological polar surface area (TPSA) is 69.6 Å². The van der Waals surface area contributed by atoms with Crippen molar-refractivity contribution in [2.45, 2.75) is 25.2 Å². The van der Waals surface area contributed by atoms with Crippen molar-refractivity contribution in [2.24, 2.45) is 5.92 Å². The van der Waals surface area contributed by atoms with Crippen LogP contribution in [0.1, 0.15) is 30.7 Å². The molecule has 1 saturated carbocycles. The molecule has 0 radical (unpaired) electrons. The number of nitrogens with zero attached hydrogens (tertiary/aromatic N) is 1. The van der Waals surface area contributed by atoms with Crippen LogP contribution in [0.5, 0.6) is 0 Å². The van der Waals surface area contributed by atoms with E-state index in [1.807, 2.05) is 30.1 Å². The summed E-state index contributed by atoms with van der Waals surface area (Å²) in [6.07, 6.45) is 2.41. The number of amides is 1. The van der Waals surface area contributed by atoms with Crippen LogP contribution < -0.4 is 10.2 Å². The highest BCUT2D eigenvalue weighted by molar-refractivity contribution is 6.01. The first kappa shape index (κ1) is 13.0. The molecule has 2 N–H and O–H groups in total. The summed E-state index contributed by atoms with van der Waals surface area (Å²) in [5.41, 5.74) is 2.84. The Bertz CT molecular complexity index is 566. The average Bonchev–Trinajstić information content (AvgIpc) is 3.19. The zero-order chi connectivity index (χ0) is 14.3. The van der Waals surface area contributed by atoms with E-state index >= 15 is 0 Å². The minimum absolute atomic E-state index is 0.0166. The highest BCUT2D eigenvalue weighted by Gasteiger charge is 2.34. The third kappa shape index (κ3) is 2.48. The average molecular weight is 274 g/mol. The smallest absolute Gasteiger partial charge is 0.303 e. The highest BCUT2D eigenvalue weighted by Crippen LogP contribution is 2.46. The van der Waals surface area contributed by atoms with Gasteiger partial charge in [0.25, 0.3) is 0 Å².